The Morgan fingerprint density at radius 3 is 3.00 bits per heavy atom. The lowest BCUT2D eigenvalue weighted by Crippen LogP contribution is -2.49. The van der Waals surface area contributed by atoms with E-state index in [0.29, 0.717) is 13.3 Å². The number of carbonyl (C=O) groups is 1. The lowest BCUT2D eigenvalue weighted by atomic mass is 10.0. The van der Waals surface area contributed by atoms with Gasteiger partial charge in [-0.25, -0.2) is 4.79 Å². The largest absolute Gasteiger partial charge is 0.359 e. The number of hydrogen-bond acceptors (Lipinski definition) is 2. The molecule has 0 aliphatic carbocycles. The number of rotatable bonds is 1. The first-order valence-corrected chi connectivity index (χ1v) is 4.18. The maximum atomic E-state index is 11.3. The van der Waals surface area contributed by atoms with Crippen molar-refractivity contribution in [2.24, 2.45) is 0 Å². The van der Waals surface area contributed by atoms with Crippen LogP contribution in [0, 0.1) is 0 Å². The van der Waals surface area contributed by atoms with Gasteiger partial charge >= 0.3 is 6.03 Å². The molecule has 1 N–H and O–H groups in total. The van der Waals surface area contributed by atoms with Crippen LogP contribution < -0.4 is 5.32 Å². The average Bonchev–Trinajstić information content (AvgIpc) is 2.14. The van der Waals surface area contributed by atoms with Gasteiger partial charge in [-0.2, -0.15) is 0 Å². The van der Waals surface area contributed by atoms with Crippen molar-refractivity contribution in [1.29, 1.82) is 0 Å². The first-order valence-electron chi connectivity index (χ1n) is 4.18. The molecule has 0 aromatic carbocycles. The van der Waals surface area contributed by atoms with E-state index >= 15 is 0 Å². The molecule has 1 atom stereocenters. The Kier molecular flexibility index (Phi) is 2.57. The smallest absolute Gasteiger partial charge is 0.319 e. The van der Waals surface area contributed by atoms with Crippen LogP contribution in [-0.4, -0.2) is 36.9 Å². The first kappa shape index (κ1) is 9.32. The molecule has 1 fully saturated rings. The maximum Gasteiger partial charge on any atom is 0.319 e. The summed E-state index contributed by atoms with van der Waals surface area (Å²) in [6, 6.07) is -0.0585. The fourth-order valence-electron chi connectivity index (χ4n) is 1.05. The highest BCUT2D eigenvalue weighted by Crippen LogP contribution is 2.12. The van der Waals surface area contributed by atoms with Crippen molar-refractivity contribution in [3.8, 4) is 0 Å². The van der Waals surface area contributed by atoms with Crippen molar-refractivity contribution in [3.63, 3.8) is 0 Å². The molecule has 0 aromatic rings. The third kappa shape index (κ3) is 1.88. The van der Waals surface area contributed by atoms with Gasteiger partial charge in [-0.15, -0.1) is 0 Å². The van der Waals surface area contributed by atoms with Crippen molar-refractivity contribution in [1.82, 2.24) is 10.2 Å². The number of urea groups is 1. The summed E-state index contributed by atoms with van der Waals surface area (Å²) in [6.45, 7) is 4.99. The topological polar surface area (TPSA) is 41.6 Å². The van der Waals surface area contributed by atoms with Crippen LogP contribution >= 0.6 is 0 Å². The summed E-state index contributed by atoms with van der Waals surface area (Å²) >= 11 is 0. The SMILES string of the molecule is CC[C@]1(C)COCN(C)C(=O)N1. The molecule has 0 radical (unpaired) electrons. The van der Waals surface area contributed by atoms with Gasteiger partial charge in [0.25, 0.3) is 0 Å². The molecule has 1 rings (SSSR count). The standard InChI is InChI=1S/C8H16N2O2/c1-4-8(2)5-12-6-10(3)7(11)9-8/h4-6H2,1-3H3,(H,9,11)/t8-/m1/s1. The zero-order chi connectivity index (χ0) is 9.19. The van der Waals surface area contributed by atoms with Crippen LogP contribution in [0.25, 0.3) is 0 Å². The van der Waals surface area contributed by atoms with Crippen LogP contribution in [0.5, 0.6) is 0 Å². The van der Waals surface area contributed by atoms with Gasteiger partial charge in [0, 0.05) is 7.05 Å². The molecule has 0 saturated carbocycles. The quantitative estimate of drug-likeness (QED) is 0.635. The summed E-state index contributed by atoms with van der Waals surface area (Å²) in [5, 5.41) is 2.92. The van der Waals surface area contributed by atoms with Crippen molar-refractivity contribution >= 4 is 6.03 Å². The van der Waals surface area contributed by atoms with E-state index < -0.39 is 0 Å². The van der Waals surface area contributed by atoms with Gasteiger partial charge < -0.3 is 15.0 Å². The molecular formula is C8H16N2O2. The maximum absolute atomic E-state index is 11.3. The Morgan fingerprint density at radius 1 is 1.75 bits per heavy atom. The van der Waals surface area contributed by atoms with Gasteiger partial charge in [-0.05, 0) is 13.3 Å². The van der Waals surface area contributed by atoms with Crippen molar-refractivity contribution < 1.29 is 9.53 Å². The van der Waals surface area contributed by atoms with Crippen LogP contribution in [0.3, 0.4) is 0 Å². The summed E-state index contributed by atoms with van der Waals surface area (Å²) in [6.07, 6.45) is 0.882. The van der Waals surface area contributed by atoms with Gasteiger partial charge in [0.05, 0.1) is 12.1 Å². The van der Waals surface area contributed by atoms with E-state index in [2.05, 4.69) is 5.32 Å². The molecule has 70 valence electrons. The van der Waals surface area contributed by atoms with Crippen LogP contribution in [0.1, 0.15) is 20.3 Å². The van der Waals surface area contributed by atoms with Gasteiger partial charge in [0.15, 0.2) is 0 Å². The Hall–Kier alpha value is -0.770. The van der Waals surface area contributed by atoms with Crippen LogP contribution in [0.2, 0.25) is 0 Å². The highest BCUT2D eigenvalue weighted by atomic mass is 16.5. The Labute approximate surface area is 72.9 Å². The van der Waals surface area contributed by atoms with Crippen molar-refractivity contribution in [3.05, 3.63) is 0 Å². The predicted molar refractivity (Wildman–Crippen MR) is 45.8 cm³/mol. The predicted octanol–water partition coefficient (Wildman–Crippen LogP) is 0.784. The number of amides is 2. The molecule has 12 heavy (non-hydrogen) atoms. The van der Waals surface area contributed by atoms with E-state index in [1.165, 1.54) is 4.90 Å². The molecule has 1 heterocycles. The van der Waals surface area contributed by atoms with E-state index in [9.17, 15) is 4.79 Å². The van der Waals surface area contributed by atoms with E-state index in [4.69, 9.17) is 4.74 Å². The van der Waals surface area contributed by atoms with Crippen molar-refractivity contribution in [2.75, 3.05) is 20.4 Å². The second-order valence-electron chi connectivity index (χ2n) is 3.52. The molecule has 4 heteroatoms. The number of hydrogen-bond donors (Lipinski definition) is 1. The second kappa shape index (κ2) is 3.31. The highest BCUT2D eigenvalue weighted by molar-refractivity contribution is 5.74. The lowest BCUT2D eigenvalue weighted by Gasteiger charge is -2.26. The summed E-state index contributed by atoms with van der Waals surface area (Å²) in [4.78, 5) is 12.9. The molecular weight excluding hydrogens is 156 g/mol. The molecule has 0 bridgehead atoms. The highest BCUT2D eigenvalue weighted by Gasteiger charge is 2.29. The molecule has 4 nitrogen and oxygen atoms in total. The average molecular weight is 172 g/mol. The van der Waals surface area contributed by atoms with Crippen LogP contribution in [0.15, 0.2) is 0 Å². The molecule has 0 aromatic heterocycles. The fraction of sp³-hybridized carbons (Fsp3) is 0.875. The molecule has 0 unspecified atom stereocenters. The Morgan fingerprint density at radius 2 is 2.42 bits per heavy atom. The first-order chi connectivity index (χ1) is 5.57. The fourth-order valence-corrected chi connectivity index (χ4v) is 1.05. The number of nitrogens with zero attached hydrogens (tertiary/aromatic N) is 1. The zero-order valence-electron chi connectivity index (χ0n) is 7.89. The van der Waals surface area contributed by atoms with E-state index in [1.54, 1.807) is 7.05 Å². The monoisotopic (exact) mass is 172 g/mol. The minimum Gasteiger partial charge on any atom is -0.359 e. The van der Waals surface area contributed by atoms with Gasteiger partial charge in [-0.3, -0.25) is 0 Å². The summed E-state index contributed by atoms with van der Waals surface area (Å²) in [7, 11) is 1.72. The van der Waals surface area contributed by atoms with Crippen LogP contribution in [0.4, 0.5) is 4.79 Å². The minimum absolute atomic E-state index is 0.0585. The minimum atomic E-state index is -0.207. The number of ether oxygens (including phenoxy) is 1. The molecule has 0 spiro atoms. The van der Waals surface area contributed by atoms with E-state index in [1.807, 2.05) is 13.8 Å². The third-order valence-corrected chi connectivity index (χ3v) is 2.24. The van der Waals surface area contributed by atoms with E-state index in [0.717, 1.165) is 6.42 Å². The third-order valence-electron chi connectivity index (χ3n) is 2.24. The molecule has 2 amide bonds. The zero-order valence-corrected chi connectivity index (χ0v) is 7.89. The van der Waals surface area contributed by atoms with Gasteiger partial charge in [0.2, 0.25) is 0 Å². The summed E-state index contributed by atoms with van der Waals surface area (Å²) in [5.41, 5.74) is -0.207. The van der Waals surface area contributed by atoms with Gasteiger partial charge in [0.1, 0.15) is 6.73 Å². The summed E-state index contributed by atoms with van der Waals surface area (Å²) < 4.78 is 5.33. The normalized spacial score (nSPS) is 31.2. The number of nitrogens with one attached hydrogen (secondary N) is 1. The Balaban J connectivity index is 2.66. The lowest BCUT2D eigenvalue weighted by molar-refractivity contribution is 0.0528. The van der Waals surface area contributed by atoms with Crippen LogP contribution in [-0.2, 0) is 4.74 Å². The number of carbonyl (C=O) groups excluding carboxylic acids is 1. The Bertz CT molecular complexity index is 184. The molecule has 1 saturated heterocycles. The van der Waals surface area contributed by atoms with E-state index in [-0.39, 0.29) is 11.6 Å². The molecule has 1 aliphatic heterocycles. The van der Waals surface area contributed by atoms with Gasteiger partial charge in [-0.1, -0.05) is 6.92 Å². The van der Waals surface area contributed by atoms with Crippen molar-refractivity contribution in [2.45, 2.75) is 25.8 Å². The summed E-state index contributed by atoms with van der Waals surface area (Å²) in [5.74, 6) is 0. The molecule has 1 aliphatic rings. The second-order valence-corrected chi connectivity index (χ2v) is 3.52.